The number of Topliss-reactive ketones (excluding diaryl/α,β-unsaturated/α-hetero) is 1. The lowest BCUT2D eigenvalue weighted by Crippen LogP contribution is -2.31. The highest BCUT2D eigenvalue weighted by molar-refractivity contribution is 6.46. The van der Waals surface area contributed by atoms with Crippen LogP contribution in [-0.4, -0.2) is 51.5 Å². The Balaban J connectivity index is 1.75. The minimum absolute atomic E-state index is 0.0224. The molecule has 188 valence electrons. The molecule has 0 bridgehead atoms. The van der Waals surface area contributed by atoms with Crippen molar-refractivity contribution in [1.82, 2.24) is 14.5 Å². The van der Waals surface area contributed by atoms with Gasteiger partial charge in [0.25, 0.3) is 11.7 Å². The van der Waals surface area contributed by atoms with Crippen LogP contribution in [0.25, 0.3) is 5.76 Å². The van der Waals surface area contributed by atoms with Crippen LogP contribution >= 0.6 is 11.6 Å². The molecule has 4 rings (SSSR count). The number of likely N-dealkylation sites (tertiary alicyclic amines) is 1. The fourth-order valence-corrected chi connectivity index (χ4v) is 4.37. The summed E-state index contributed by atoms with van der Waals surface area (Å²) in [5.74, 6) is -0.599. The molecule has 1 saturated heterocycles. The zero-order valence-corrected chi connectivity index (χ0v) is 20.9. The number of halogens is 1. The molecule has 0 radical (unpaired) electrons. The van der Waals surface area contributed by atoms with E-state index in [0.717, 1.165) is 6.42 Å². The lowest BCUT2D eigenvalue weighted by atomic mass is 9.95. The SMILES string of the molecule is CCCOc1ccc([C@H]2C(=C(O)c3ccc(Cl)cc3)C(=O)C(=O)N2CCCn2ccnc2)cc1OC. The smallest absolute Gasteiger partial charge is 0.295 e. The maximum absolute atomic E-state index is 13.2. The summed E-state index contributed by atoms with van der Waals surface area (Å²) in [6.45, 7) is 3.47. The van der Waals surface area contributed by atoms with Gasteiger partial charge in [0.15, 0.2) is 11.5 Å². The molecule has 1 aromatic heterocycles. The molecule has 0 unspecified atom stereocenters. The number of methoxy groups -OCH3 is 1. The maximum atomic E-state index is 13.2. The third kappa shape index (κ3) is 5.23. The first-order valence-electron chi connectivity index (χ1n) is 11.8. The number of aliphatic hydroxyl groups excluding tert-OH is 1. The fraction of sp³-hybridized carbons (Fsp3) is 0.296. The number of carbonyl (C=O) groups is 2. The van der Waals surface area contributed by atoms with E-state index in [-0.39, 0.29) is 11.3 Å². The fourth-order valence-electron chi connectivity index (χ4n) is 4.25. The number of hydrogen-bond acceptors (Lipinski definition) is 6. The molecule has 1 aliphatic rings. The Morgan fingerprint density at radius 3 is 2.56 bits per heavy atom. The van der Waals surface area contributed by atoms with Crippen molar-refractivity contribution in [3.05, 3.63) is 82.9 Å². The Morgan fingerprint density at radius 2 is 1.89 bits per heavy atom. The van der Waals surface area contributed by atoms with E-state index in [0.29, 0.717) is 53.8 Å². The van der Waals surface area contributed by atoms with Crippen molar-refractivity contribution < 1.29 is 24.2 Å². The van der Waals surface area contributed by atoms with Crippen LogP contribution in [0.5, 0.6) is 11.5 Å². The van der Waals surface area contributed by atoms with E-state index in [9.17, 15) is 14.7 Å². The number of hydrogen-bond donors (Lipinski definition) is 1. The van der Waals surface area contributed by atoms with Crippen LogP contribution in [0, 0.1) is 0 Å². The normalized spacial score (nSPS) is 17.0. The van der Waals surface area contributed by atoms with Crippen LogP contribution in [0.4, 0.5) is 0 Å². The van der Waals surface area contributed by atoms with Crippen LogP contribution in [0.3, 0.4) is 0 Å². The van der Waals surface area contributed by atoms with Crippen LogP contribution in [0.2, 0.25) is 5.02 Å². The Kier molecular flexibility index (Phi) is 7.95. The summed E-state index contributed by atoms with van der Waals surface area (Å²) in [5.41, 5.74) is 1.05. The number of imidazole rings is 1. The molecule has 1 amide bonds. The molecule has 1 N–H and O–H groups in total. The quantitative estimate of drug-likeness (QED) is 0.238. The summed E-state index contributed by atoms with van der Waals surface area (Å²) in [6.07, 6.45) is 6.66. The third-order valence-corrected chi connectivity index (χ3v) is 6.25. The number of amides is 1. The predicted octanol–water partition coefficient (Wildman–Crippen LogP) is 4.85. The van der Waals surface area contributed by atoms with E-state index in [4.69, 9.17) is 21.1 Å². The number of aryl methyl sites for hydroxylation is 1. The zero-order valence-electron chi connectivity index (χ0n) is 20.2. The summed E-state index contributed by atoms with van der Waals surface area (Å²) in [6, 6.07) is 11.0. The number of aliphatic hydroxyl groups is 1. The van der Waals surface area contributed by atoms with E-state index in [1.165, 1.54) is 12.0 Å². The Labute approximate surface area is 214 Å². The van der Waals surface area contributed by atoms with Gasteiger partial charge in [-0.2, -0.15) is 0 Å². The monoisotopic (exact) mass is 509 g/mol. The molecule has 1 fully saturated rings. The minimum Gasteiger partial charge on any atom is -0.507 e. The molecule has 36 heavy (non-hydrogen) atoms. The molecule has 3 aromatic rings. The average molecular weight is 510 g/mol. The highest BCUT2D eigenvalue weighted by Crippen LogP contribution is 2.42. The van der Waals surface area contributed by atoms with Gasteiger partial charge in [-0.3, -0.25) is 9.59 Å². The average Bonchev–Trinajstić information content (AvgIpc) is 3.49. The van der Waals surface area contributed by atoms with Crippen LogP contribution in [0.1, 0.15) is 36.9 Å². The van der Waals surface area contributed by atoms with E-state index in [1.807, 2.05) is 17.7 Å². The molecular formula is C27H28ClN3O5. The second-order valence-corrected chi connectivity index (χ2v) is 8.85. The number of rotatable bonds is 10. The van der Waals surface area contributed by atoms with Crippen molar-refractivity contribution in [3.8, 4) is 11.5 Å². The molecule has 1 atom stereocenters. The second kappa shape index (κ2) is 11.3. The first-order valence-corrected chi connectivity index (χ1v) is 12.1. The van der Waals surface area contributed by atoms with Gasteiger partial charge in [0.1, 0.15) is 5.76 Å². The van der Waals surface area contributed by atoms with E-state index in [2.05, 4.69) is 4.98 Å². The lowest BCUT2D eigenvalue weighted by Gasteiger charge is -2.26. The number of ketones is 1. The highest BCUT2D eigenvalue weighted by atomic mass is 35.5. The summed E-state index contributed by atoms with van der Waals surface area (Å²) in [4.78, 5) is 31.9. The van der Waals surface area contributed by atoms with Crippen molar-refractivity contribution in [2.24, 2.45) is 0 Å². The van der Waals surface area contributed by atoms with Gasteiger partial charge < -0.3 is 24.0 Å². The van der Waals surface area contributed by atoms with Crippen molar-refractivity contribution >= 4 is 29.1 Å². The molecule has 0 saturated carbocycles. The standard InChI is InChI=1S/C27H28ClN3O5/c1-3-15-36-21-10-7-19(16-22(21)35-2)24-23(25(32)18-5-8-20(28)9-6-18)26(33)27(34)31(24)13-4-12-30-14-11-29-17-30/h5-11,14,16-17,24,32H,3-4,12-13,15H2,1-2H3/t24-/m0/s1. The maximum Gasteiger partial charge on any atom is 0.295 e. The van der Waals surface area contributed by atoms with Gasteiger partial charge in [-0.05, 0) is 54.8 Å². The molecule has 0 aliphatic carbocycles. The van der Waals surface area contributed by atoms with Crippen molar-refractivity contribution in [1.29, 1.82) is 0 Å². The first-order chi connectivity index (χ1) is 17.4. The van der Waals surface area contributed by atoms with Gasteiger partial charge in [0.05, 0.1) is 31.7 Å². The van der Waals surface area contributed by atoms with Crippen molar-refractivity contribution in [3.63, 3.8) is 0 Å². The topological polar surface area (TPSA) is 93.9 Å². The molecule has 1 aliphatic heterocycles. The Bertz CT molecular complexity index is 1250. The number of nitrogens with zero attached hydrogens (tertiary/aromatic N) is 3. The van der Waals surface area contributed by atoms with Crippen molar-refractivity contribution in [2.75, 3.05) is 20.3 Å². The van der Waals surface area contributed by atoms with Gasteiger partial charge in [-0.1, -0.05) is 24.6 Å². The van der Waals surface area contributed by atoms with Gasteiger partial charge in [-0.15, -0.1) is 0 Å². The van der Waals surface area contributed by atoms with E-state index in [1.54, 1.807) is 55.0 Å². The molecule has 0 spiro atoms. The highest BCUT2D eigenvalue weighted by Gasteiger charge is 2.46. The number of carbonyl (C=O) groups excluding carboxylic acids is 2. The minimum atomic E-state index is -0.794. The van der Waals surface area contributed by atoms with Gasteiger partial charge in [0, 0.05) is 36.1 Å². The summed E-state index contributed by atoms with van der Waals surface area (Å²) < 4.78 is 13.2. The van der Waals surface area contributed by atoms with Crippen LogP contribution < -0.4 is 9.47 Å². The molecule has 2 aromatic carbocycles. The Hall–Kier alpha value is -3.78. The first kappa shape index (κ1) is 25.3. The van der Waals surface area contributed by atoms with Crippen LogP contribution in [0.15, 0.2) is 66.8 Å². The largest absolute Gasteiger partial charge is 0.507 e. The Morgan fingerprint density at radius 1 is 1.11 bits per heavy atom. The molecule has 8 nitrogen and oxygen atoms in total. The lowest BCUT2D eigenvalue weighted by molar-refractivity contribution is -0.139. The third-order valence-electron chi connectivity index (χ3n) is 6.00. The molecular weight excluding hydrogens is 482 g/mol. The van der Waals surface area contributed by atoms with Crippen LogP contribution in [-0.2, 0) is 16.1 Å². The molecule has 9 heteroatoms. The number of aromatic nitrogens is 2. The number of ether oxygens (including phenoxy) is 2. The summed E-state index contributed by atoms with van der Waals surface area (Å²) >= 11 is 6.00. The summed E-state index contributed by atoms with van der Waals surface area (Å²) in [7, 11) is 1.54. The zero-order chi connectivity index (χ0) is 25.7. The van der Waals surface area contributed by atoms with Gasteiger partial charge in [0.2, 0.25) is 0 Å². The second-order valence-electron chi connectivity index (χ2n) is 8.41. The number of benzene rings is 2. The van der Waals surface area contributed by atoms with Crippen molar-refractivity contribution in [2.45, 2.75) is 32.4 Å². The van der Waals surface area contributed by atoms with Gasteiger partial charge >= 0.3 is 0 Å². The predicted molar refractivity (Wildman–Crippen MR) is 136 cm³/mol. The van der Waals surface area contributed by atoms with Gasteiger partial charge in [-0.25, -0.2) is 4.98 Å². The summed E-state index contributed by atoms with van der Waals surface area (Å²) in [5, 5.41) is 11.7. The van der Waals surface area contributed by atoms with E-state index < -0.39 is 17.7 Å². The van der Waals surface area contributed by atoms with E-state index >= 15 is 0 Å². The molecule has 2 heterocycles.